The van der Waals surface area contributed by atoms with Gasteiger partial charge in [0.05, 0.1) is 14.8 Å². The number of aromatic carboxylic acids is 2. The smallest absolute Gasteiger partial charge is 0.363 e. The first-order valence-corrected chi connectivity index (χ1v) is 9.75. The van der Waals surface area contributed by atoms with Crippen molar-refractivity contribution in [2.24, 2.45) is 0 Å². The van der Waals surface area contributed by atoms with Crippen molar-refractivity contribution in [3.8, 4) is 22.5 Å². The second-order valence-corrected chi connectivity index (χ2v) is 7.29. The Kier molecular flexibility index (Phi) is 4.96. The molecule has 190 valence electrons. The molecule has 0 bridgehead atoms. The molecule has 0 saturated heterocycles. The standard InChI is InChI=1S/C17H7N11O10/c29-16(30)9-12(27(35)36)14-18-1-5(3-24(14)22-9)7-11(26(33)34)8(21-20-7)6-2-19-15-13(28(37)38)10(17(31)32)23-25(15)4-6/h1-4H,(H,20,21)(H,29,30)(H,31,32). The van der Waals surface area contributed by atoms with Gasteiger partial charge in [0.15, 0.2) is 5.69 Å². The van der Waals surface area contributed by atoms with Gasteiger partial charge in [0.1, 0.15) is 5.69 Å². The van der Waals surface area contributed by atoms with E-state index >= 15 is 0 Å². The summed E-state index contributed by atoms with van der Waals surface area (Å²) in [6.07, 6.45) is 4.09. The van der Waals surface area contributed by atoms with E-state index in [0.717, 1.165) is 33.8 Å². The Morgan fingerprint density at radius 2 is 1.21 bits per heavy atom. The third-order valence-corrected chi connectivity index (χ3v) is 5.15. The highest BCUT2D eigenvalue weighted by Crippen LogP contribution is 2.37. The zero-order chi connectivity index (χ0) is 27.5. The molecular weight excluding hydrogens is 518 g/mol. The monoisotopic (exact) mass is 525 g/mol. The molecule has 21 heteroatoms. The molecule has 0 aromatic carbocycles. The first-order valence-electron chi connectivity index (χ1n) is 9.75. The number of H-pyrrole nitrogens is 1. The minimum absolute atomic E-state index is 0.0609. The van der Waals surface area contributed by atoms with Crippen molar-refractivity contribution in [3.05, 3.63) is 66.5 Å². The molecule has 5 aromatic heterocycles. The second kappa shape index (κ2) is 8.08. The van der Waals surface area contributed by atoms with E-state index in [1.165, 1.54) is 0 Å². The van der Waals surface area contributed by atoms with E-state index in [-0.39, 0.29) is 22.5 Å². The Bertz CT molecular complexity index is 1760. The lowest BCUT2D eigenvalue weighted by atomic mass is 10.1. The zero-order valence-electron chi connectivity index (χ0n) is 17.9. The molecule has 0 aliphatic heterocycles. The van der Waals surface area contributed by atoms with Crippen molar-refractivity contribution < 1.29 is 34.6 Å². The van der Waals surface area contributed by atoms with Crippen LogP contribution in [0.15, 0.2) is 24.8 Å². The Morgan fingerprint density at radius 1 is 0.763 bits per heavy atom. The normalized spacial score (nSPS) is 11.2. The van der Waals surface area contributed by atoms with Crippen molar-refractivity contribution in [2.75, 3.05) is 0 Å². The summed E-state index contributed by atoms with van der Waals surface area (Å²) >= 11 is 0. The molecule has 0 atom stereocenters. The van der Waals surface area contributed by atoms with Crippen LogP contribution in [0.3, 0.4) is 0 Å². The molecule has 0 spiro atoms. The highest BCUT2D eigenvalue weighted by molar-refractivity contribution is 5.94. The number of nitrogens with one attached hydrogen (secondary N) is 1. The van der Waals surface area contributed by atoms with E-state index in [0.29, 0.717) is 0 Å². The summed E-state index contributed by atoms with van der Waals surface area (Å²) in [5.74, 6) is -3.38. The molecule has 0 aliphatic carbocycles. The molecule has 0 fully saturated rings. The van der Waals surface area contributed by atoms with Gasteiger partial charge in [0.25, 0.3) is 0 Å². The van der Waals surface area contributed by atoms with E-state index in [9.17, 15) is 50.1 Å². The molecule has 0 amide bonds. The summed E-state index contributed by atoms with van der Waals surface area (Å²) in [7, 11) is 0. The quantitative estimate of drug-likeness (QED) is 0.197. The third kappa shape index (κ3) is 3.38. The van der Waals surface area contributed by atoms with Crippen LogP contribution in [0.1, 0.15) is 21.0 Å². The maximum atomic E-state index is 12.0. The van der Waals surface area contributed by atoms with Crippen LogP contribution in [0.5, 0.6) is 0 Å². The molecule has 5 rings (SSSR count). The Balaban J connectivity index is 1.67. The van der Waals surface area contributed by atoms with Crippen molar-refractivity contribution in [2.45, 2.75) is 0 Å². The second-order valence-electron chi connectivity index (χ2n) is 7.29. The Morgan fingerprint density at radius 3 is 1.66 bits per heavy atom. The summed E-state index contributed by atoms with van der Waals surface area (Å²) in [6, 6.07) is 0. The van der Waals surface area contributed by atoms with Crippen molar-refractivity contribution in [3.63, 3.8) is 0 Å². The molecule has 0 unspecified atom stereocenters. The summed E-state index contributed by atoms with van der Waals surface area (Å²) in [6.45, 7) is 0. The van der Waals surface area contributed by atoms with Gasteiger partial charge in [0, 0.05) is 35.9 Å². The fraction of sp³-hybridized carbons (Fsp3) is 0. The lowest BCUT2D eigenvalue weighted by Gasteiger charge is -2.00. The molecule has 0 saturated carbocycles. The molecule has 5 heterocycles. The predicted molar refractivity (Wildman–Crippen MR) is 116 cm³/mol. The summed E-state index contributed by atoms with van der Waals surface area (Å²) in [5, 5.41) is 66.6. The Hall–Kier alpha value is -6.41. The highest BCUT2D eigenvalue weighted by Gasteiger charge is 2.33. The van der Waals surface area contributed by atoms with Gasteiger partial charge in [-0.1, -0.05) is 0 Å². The summed E-state index contributed by atoms with van der Waals surface area (Å²) in [4.78, 5) is 62.2. The molecule has 3 N–H and O–H groups in total. The number of carboxylic acids is 2. The van der Waals surface area contributed by atoms with Crippen LogP contribution in [0, 0.1) is 30.3 Å². The van der Waals surface area contributed by atoms with E-state index < -0.39 is 66.5 Å². The minimum Gasteiger partial charge on any atom is -0.476 e. The third-order valence-electron chi connectivity index (χ3n) is 5.15. The van der Waals surface area contributed by atoms with Crippen LogP contribution in [-0.2, 0) is 0 Å². The van der Waals surface area contributed by atoms with Gasteiger partial charge in [-0.05, 0) is 0 Å². The van der Waals surface area contributed by atoms with Gasteiger partial charge in [-0.3, -0.25) is 35.4 Å². The number of fused-ring (bicyclic) bond motifs is 2. The van der Waals surface area contributed by atoms with Crippen LogP contribution in [0.25, 0.3) is 33.8 Å². The first-order chi connectivity index (χ1) is 18.0. The molecule has 0 aliphatic rings. The van der Waals surface area contributed by atoms with Crippen molar-refractivity contribution in [1.82, 2.24) is 39.4 Å². The number of nitrogens with zero attached hydrogens (tertiary/aromatic N) is 10. The van der Waals surface area contributed by atoms with Crippen LogP contribution in [-0.4, -0.2) is 76.3 Å². The van der Waals surface area contributed by atoms with Crippen LogP contribution in [0.4, 0.5) is 17.1 Å². The largest absolute Gasteiger partial charge is 0.476 e. The average molecular weight is 525 g/mol. The molecule has 21 nitrogen and oxygen atoms in total. The van der Waals surface area contributed by atoms with Gasteiger partial charge < -0.3 is 10.2 Å². The summed E-state index contributed by atoms with van der Waals surface area (Å²) in [5.41, 5.74) is -5.79. The summed E-state index contributed by atoms with van der Waals surface area (Å²) < 4.78 is 1.53. The number of aromatic amines is 1. The highest BCUT2D eigenvalue weighted by atomic mass is 16.6. The van der Waals surface area contributed by atoms with E-state index in [4.69, 9.17) is 0 Å². The van der Waals surface area contributed by atoms with Crippen LogP contribution in [0.2, 0.25) is 0 Å². The van der Waals surface area contributed by atoms with Gasteiger partial charge >= 0.3 is 29.0 Å². The average Bonchev–Trinajstić information content (AvgIpc) is 3.55. The molecular formula is C17H7N11O10. The molecule has 0 radical (unpaired) electrons. The minimum atomic E-state index is -1.69. The number of nitro groups is 3. The van der Waals surface area contributed by atoms with Gasteiger partial charge in [-0.25, -0.2) is 28.6 Å². The number of carbonyl (C=O) groups is 2. The Labute approximate surface area is 204 Å². The van der Waals surface area contributed by atoms with E-state index in [1.54, 1.807) is 0 Å². The van der Waals surface area contributed by atoms with Gasteiger partial charge in [0.2, 0.25) is 22.7 Å². The van der Waals surface area contributed by atoms with E-state index in [2.05, 4.69) is 30.4 Å². The van der Waals surface area contributed by atoms with Crippen molar-refractivity contribution >= 4 is 40.3 Å². The van der Waals surface area contributed by atoms with E-state index in [1.807, 2.05) is 0 Å². The first kappa shape index (κ1) is 23.3. The van der Waals surface area contributed by atoms with Gasteiger partial charge in [-0.15, -0.1) is 0 Å². The lowest BCUT2D eigenvalue weighted by Crippen LogP contribution is -2.01. The van der Waals surface area contributed by atoms with Crippen molar-refractivity contribution in [1.29, 1.82) is 0 Å². The van der Waals surface area contributed by atoms with Crippen LogP contribution >= 0.6 is 0 Å². The number of carboxylic acid groups (broad SMARTS) is 2. The lowest BCUT2D eigenvalue weighted by molar-refractivity contribution is -0.383. The molecule has 38 heavy (non-hydrogen) atoms. The molecule has 5 aromatic rings. The topological polar surface area (TPSA) is 293 Å². The number of rotatable bonds is 7. The number of hydrogen-bond donors (Lipinski definition) is 3. The SMILES string of the molecule is O=C(O)c1nn2cc(-c3n[nH]c(-c4cnc5c([N+](=O)[O-])c(C(=O)O)nn5c4)c3[N+](=O)[O-])cnc2c1[N+](=O)[O-]. The maximum Gasteiger partial charge on any atom is 0.363 e. The fourth-order valence-corrected chi connectivity index (χ4v) is 3.64. The number of aromatic nitrogens is 8. The van der Waals surface area contributed by atoms with Crippen LogP contribution < -0.4 is 0 Å². The predicted octanol–water partition coefficient (Wildman–Crippen LogP) is 0.950. The van der Waals surface area contributed by atoms with Gasteiger partial charge in [-0.2, -0.15) is 15.3 Å². The number of hydrogen-bond acceptors (Lipinski definition) is 13. The zero-order valence-corrected chi connectivity index (χ0v) is 17.9. The fourth-order valence-electron chi connectivity index (χ4n) is 3.64. The maximum absolute atomic E-state index is 12.0.